The monoisotopic (exact) mass is 369 g/mol. The van der Waals surface area contributed by atoms with Crippen LogP contribution in [-0.4, -0.2) is 21.5 Å². The number of hydrogen-bond donors (Lipinski definition) is 2. The van der Waals surface area contributed by atoms with Gasteiger partial charge in [-0.2, -0.15) is 0 Å². The molecular formula is C20H23N3O4. The van der Waals surface area contributed by atoms with E-state index in [0.29, 0.717) is 36.4 Å². The fourth-order valence-corrected chi connectivity index (χ4v) is 2.60. The van der Waals surface area contributed by atoms with Crippen LogP contribution in [0.2, 0.25) is 0 Å². The Labute approximate surface area is 156 Å². The summed E-state index contributed by atoms with van der Waals surface area (Å²) in [4.78, 5) is 30.3. The second-order valence-corrected chi connectivity index (χ2v) is 7.30. The van der Waals surface area contributed by atoms with Gasteiger partial charge in [0.05, 0.1) is 5.52 Å². The molecule has 2 N–H and O–H groups in total. The maximum absolute atomic E-state index is 12.1. The van der Waals surface area contributed by atoms with Crippen LogP contribution in [0, 0.1) is 0 Å². The van der Waals surface area contributed by atoms with Crippen LogP contribution in [0.3, 0.4) is 0 Å². The summed E-state index contributed by atoms with van der Waals surface area (Å²) in [5.74, 6) is -0.00683. The Morgan fingerprint density at radius 1 is 1.26 bits per heavy atom. The van der Waals surface area contributed by atoms with Crippen molar-refractivity contribution >= 4 is 17.0 Å². The molecule has 2 heterocycles. The minimum absolute atomic E-state index is 0.0745. The number of aromatic amines is 1. The zero-order valence-electron chi connectivity index (χ0n) is 15.7. The van der Waals surface area contributed by atoms with E-state index in [1.807, 2.05) is 45.0 Å². The lowest BCUT2D eigenvalue weighted by Crippen LogP contribution is -2.24. The number of rotatable bonds is 6. The molecule has 1 amide bonds. The molecule has 1 aromatic carbocycles. The summed E-state index contributed by atoms with van der Waals surface area (Å²) in [5.41, 5.74) is 2.47. The van der Waals surface area contributed by atoms with Crippen LogP contribution in [0.5, 0.6) is 5.88 Å². The predicted octanol–water partition coefficient (Wildman–Crippen LogP) is 2.94. The minimum Gasteiger partial charge on any atom is -0.472 e. The van der Waals surface area contributed by atoms with E-state index in [1.165, 1.54) is 0 Å². The third-order valence-corrected chi connectivity index (χ3v) is 3.78. The summed E-state index contributed by atoms with van der Waals surface area (Å²) in [7, 11) is 0. The highest BCUT2D eigenvalue weighted by molar-refractivity contribution is 5.76. The Hall–Kier alpha value is -3.09. The van der Waals surface area contributed by atoms with Crippen LogP contribution in [0.25, 0.3) is 11.1 Å². The average molecular weight is 369 g/mol. The van der Waals surface area contributed by atoms with E-state index in [0.717, 1.165) is 11.3 Å². The molecule has 142 valence electrons. The molecule has 7 heteroatoms. The van der Waals surface area contributed by atoms with Crippen LogP contribution >= 0.6 is 0 Å². The van der Waals surface area contributed by atoms with Crippen molar-refractivity contribution in [2.24, 2.45) is 0 Å². The Kier molecular flexibility index (Phi) is 5.30. The third-order valence-electron chi connectivity index (χ3n) is 3.78. The maximum atomic E-state index is 12.1. The molecule has 0 aliphatic carbocycles. The molecule has 0 atom stereocenters. The number of aromatic nitrogens is 2. The topological polar surface area (TPSA) is 97.2 Å². The minimum atomic E-state index is -0.489. The van der Waals surface area contributed by atoms with Crippen molar-refractivity contribution in [3.63, 3.8) is 0 Å². The number of nitrogens with zero attached hydrogens (tertiary/aromatic N) is 1. The van der Waals surface area contributed by atoms with E-state index in [2.05, 4.69) is 15.3 Å². The zero-order valence-corrected chi connectivity index (χ0v) is 15.7. The van der Waals surface area contributed by atoms with Crippen LogP contribution in [0.15, 0.2) is 45.6 Å². The van der Waals surface area contributed by atoms with E-state index >= 15 is 0 Å². The number of carbonyl (C=O) groups excluding carboxylic acids is 1. The predicted molar refractivity (Wildman–Crippen MR) is 102 cm³/mol. The molecule has 0 aliphatic heterocycles. The fourth-order valence-electron chi connectivity index (χ4n) is 2.60. The quantitative estimate of drug-likeness (QED) is 0.696. The molecule has 0 radical (unpaired) electrons. The van der Waals surface area contributed by atoms with Gasteiger partial charge in [0, 0.05) is 24.7 Å². The Morgan fingerprint density at radius 3 is 2.85 bits per heavy atom. The van der Waals surface area contributed by atoms with E-state index in [9.17, 15) is 9.59 Å². The van der Waals surface area contributed by atoms with Crippen molar-refractivity contribution in [3.8, 4) is 5.88 Å². The summed E-state index contributed by atoms with van der Waals surface area (Å²) in [6.45, 7) is 6.25. The van der Waals surface area contributed by atoms with E-state index in [1.54, 1.807) is 12.1 Å². The van der Waals surface area contributed by atoms with Crippen LogP contribution < -0.4 is 15.8 Å². The summed E-state index contributed by atoms with van der Waals surface area (Å²) in [6.07, 6.45) is 0.854. The van der Waals surface area contributed by atoms with Gasteiger partial charge in [0.25, 0.3) is 0 Å². The lowest BCUT2D eigenvalue weighted by atomic mass is 10.2. The van der Waals surface area contributed by atoms with Crippen molar-refractivity contribution in [1.82, 2.24) is 15.3 Å². The number of aryl methyl sites for hydroxylation is 1. The van der Waals surface area contributed by atoms with Crippen LogP contribution in [0.1, 0.15) is 38.4 Å². The van der Waals surface area contributed by atoms with E-state index in [4.69, 9.17) is 9.15 Å². The number of hydrogen-bond acceptors (Lipinski definition) is 5. The number of ether oxygens (including phenoxy) is 1. The number of benzene rings is 1. The number of nitrogens with one attached hydrogen (secondary N) is 2. The molecule has 3 rings (SSSR count). The van der Waals surface area contributed by atoms with Crippen LogP contribution in [0.4, 0.5) is 0 Å². The highest BCUT2D eigenvalue weighted by atomic mass is 16.5. The number of amides is 1. The molecule has 3 aromatic rings. The number of oxazole rings is 1. The van der Waals surface area contributed by atoms with Gasteiger partial charge < -0.3 is 14.5 Å². The lowest BCUT2D eigenvalue weighted by molar-refractivity contribution is -0.121. The molecular weight excluding hydrogens is 346 g/mol. The van der Waals surface area contributed by atoms with Crippen molar-refractivity contribution in [2.75, 3.05) is 0 Å². The standard InChI is InChI=1S/C20H23N3O4/c1-20(2,3)27-18-6-4-5-14(22-18)8-10-17(24)21-12-13-7-9-15-16(11-13)26-19(25)23-15/h4-7,9,11H,8,10,12H2,1-3H3,(H,21,24)(H,23,25). The van der Waals surface area contributed by atoms with Gasteiger partial charge in [-0.1, -0.05) is 12.1 Å². The van der Waals surface area contributed by atoms with Crippen molar-refractivity contribution in [3.05, 3.63) is 58.2 Å². The fraction of sp³-hybridized carbons (Fsp3) is 0.350. The summed E-state index contributed by atoms with van der Waals surface area (Å²) in [5, 5.41) is 2.87. The van der Waals surface area contributed by atoms with Gasteiger partial charge in [-0.3, -0.25) is 9.78 Å². The maximum Gasteiger partial charge on any atom is 0.417 e. The molecule has 0 spiro atoms. The molecule has 0 unspecified atom stereocenters. The second-order valence-electron chi connectivity index (χ2n) is 7.30. The smallest absolute Gasteiger partial charge is 0.417 e. The van der Waals surface area contributed by atoms with Gasteiger partial charge in [0.1, 0.15) is 5.60 Å². The van der Waals surface area contributed by atoms with Gasteiger partial charge in [-0.15, -0.1) is 0 Å². The Morgan fingerprint density at radius 2 is 2.07 bits per heavy atom. The third kappa shape index (κ3) is 5.44. The van der Waals surface area contributed by atoms with E-state index in [-0.39, 0.29) is 11.5 Å². The number of pyridine rings is 1. The summed E-state index contributed by atoms with van der Waals surface area (Å²) in [6, 6.07) is 10.9. The first-order valence-corrected chi connectivity index (χ1v) is 8.82. The van der Waals surface area contributed by atoms with Gasteiger partial charge in [0.2, 0.25) is 11.8 Å². The van der Waals surface area contributed by atoms with Crippen molar-refractivity contribution < 1.29 is 13.9 Å². The number of carbonyl (C=O) groups is 1. The van der Waals surface area contributed by atoms with Gasteiger partial charge in [0.15, 0.2) is 5.58 Å². The van der Waals surface area contributed by atoms with Crippen molar-refractivity contribution in [1.29, 1.82) is 0 Å². The Balaban J connectivity index is 1.52. The number of fused-ring (bicyclic) bond motifs is 1. The number of H-pyrrole nitrogens is 1. The summed E-state index contributed by atoms with van der Waals surface area (Å²) >= 11 is 0. The van der Waals surface area contributed by atoms with Crippen LogP contribution in [-0.2, 0) is 17.8 Å². The normalized spacial score (nSPS) is 11.5. The highest BCUT2D eigenvalue weighted by Gasteiger charge is 2.13. The highest BCUT2D eigenvalue weighted by Crippen LogP contribution is 2.16. The van der Waals surface area contributed by atoms with Gasteiger partial charge in [-0.05, 0) is 51.0 Å². The largest absolute Gasteiger partial charge is 0.472 e. The first-order chi connectivity index (χ1) is 12.8. The van der Waals surface area contributed by atoms with Crippen molar-refractivity contribution in [2.45, 2.75) is 45.8 Å². The molecule has 0 fully saturated rings. The van der Waals surface area contributed by atoms with Gasteiger partial charge in [-0.25, -0.2) is 9.78 Å². The second kappa shape index (κ2) is 7.65. The molecule has 0 bridgehead atoms. The first-order valence-electron chi connectivity index (χ1n) is 8.82. The molecule has 0 saturated carbocycles. The first kappa shape index (κ1) is 18.7. The lowest BCUT2D eigenvalue weighted by Gasteiger charge is -2.20. The zero-order chi connectivity index (χ0) is 19.4. The molecule has 0 aliphatic rings. The molecule has 2 aromatic heterocycles. The molecule has 27 heavy (non-hydrogen) atoms. The molecule has 7 nitrogen and oxygen atoms in total. The SMILES string of the molecule is CC(C)(C)Oc1cccc(CCC(=O)NCc2ccc3[nH]c(=O)oc3c2)n1. The average Bonchev–Trinajstić information content (AvgIpc) is 2.96. The Bertz CT molecular complexity index is 998. The molecule has 0 saturated heterocycles. The summed E-state index contributed by atoms with van der Waals surface area (Å²) < 4.78 is 10.8. The van der Waals surface area contributed by atoms with E-state index < -0.39 is 5.76 Å². The van der Waals surface area contributed by atoms with Gasteiger partial charge >= 0.3 is 5.76 Å².